The maximum absolute atomic E-state index is 11.0. The highest BCUT2D eigenvalue weighted by atomic mass is 16.1. The van der Waals surface area contributed by atoms with Gasteiger partial charge in [-0.3, -0.25) is 19.2 Å². The number of fused-ring (bicyclic) bond motifs is 2. The molecule has 0 saturated heterocycles. The first-order valence-corrected chi connectivity index (χ1v) is 7.10. The van der Waals surface area contributed by atoms with Gasteiger partial charge in [0.2, 0.25) is 0 Å². The molecule has 0 aliphatic heterocycles. The van der Waals surface area contributed by atoms with Gasteiger partial charge in [0, 0.05) is 48.7 Å². The highest BCUT2D eigenvalue weighted by molar-refractivity contribution is 6.08. The summed E-state index contributed by atoms with van der Waals surface area (Å²) in [7, 11) is 0. The van der Waals surface area contributed by atoms with Crippen molar-refractivity contribution in [2.24, 2.45) is 11.8 Å². The van der Waals surface area contributed by atoms with E-state index in [1.54, 1.807) is 12.2 Å². The van der Waals surface area contributed by atoms with E-state index in [1.165, 1.54) is 0 Å². The van der Waals surface area contributed by atoms with Crippen molar-refractivity contribution in [3.63, 3.8) is 0 Å². The summed E-state index contributed by atoms with van der Waals surface area (Å²) in [5.74, 6) is 0.841. The van der Waals surface area contributed by atoms with Crippen LogP contribution >= 0.6 is 0 Å². The fourth-order valence-corrected chi connectivity index (χ4v) is 3.43. The molecule has 2 saturated carbocycles. The second kappa shape index (κ2) is 4.93. The molecule has 104 valence electrons. The van der Waals surface area contributed by atoms with Gasteiger partial charge in [-0.15, -0.1) is 0 Å². The van der Waals surface area contributed by atoms with Crippen LogP contribution in [0, 0.1) is 11.8 Å². The van der Waals surface area contributed by atoms with Crippen molar-refractivity contribution in [1.29, 1.82) is 0 Å². The van der Waals surface area contributed by atoms with Gasteiger partial charge in [0.15, 0.2) is 11.6 Å². The van der Waals surface area contributed by atoms with Crippen LogP contribution in [0.2, 0.25) is 0 Å². The first kappa shape index (κ1) is 13.2. The minimum absolute atomic E-state index is 0.00694. The molecular weight excluding hydrogens is 256 g/mol. The Kier molecular flexibility index (Phi) is 3.24. The van der Waals surface area contributed by atoms with Crippen molar-refractivity contribution < 1.29 is 19.2 Å². The Morgan fingerprint density at radius 1 is 0.700 bits per heavy atom. The van der Waals surface area contributed by atoms with Crippen LogP contribution in [0.5, 0.6) is 0 Å². The minimum atomic E-state index is -0.00694. The lowest BCUT2D eigenvalue weighted by atomic mass is 10.0. The Morgan fingerprint density at radius 3 is 1.45 bits per heavy atom. The number of ketones is 4. The summed E-state index contributed by atoms with van der Waals surface area (Å²) in [6.45, 7) is 0. The van der Waals surface area contributed by atoms with E-state index in [2.05, 4.69) is 0 Å². The third-order valence-corrected chi connectivity index (χ3v) is 4.54. The molecule has 0 heterocycles. The molecule has 0 spiro atoms. The van der Waals surface area contributed by atoms with Gasteiger partial charge in [-0.05, 0) is 12.8 Å². The maximum Gasteiger partial charge on any atom is 0.159 e. The number of carbonyl (C=O) groups excluding carboxylic acids is 4. The second-order valence-electron chi connectivity index (χ2n) is 5.69. The summed E-state index contributed by atoms with van der Waals surface area (Å²) in [5.41, 5.74) is 1.59. The molecule has 4 heteroatoms. The average molecular weight is 272 g/mol. The van der Waals surface area contributed by atoms with Crippen molar-refractivity contribution in [2.75, 3.05) is 0 Å². The molecule has 4 nitrogen and oxygen atoms in total. The van der Waals surface area contributed by atoms with E-state index in [-0.39, 0.29) is 35.0 Å². The zero-order valence-electron chi connectivity index (χ0n) is 11.2. The SMILES string of the molecule is O=C1CCC2C(=O)CC=C12.O=C1CCC2C(=O)CC=C12. The van der Waals surface area contributed by atoms with Crippen molar-refractivity contribution in [3.8, 4) is 0 Å². The summed E-state index contributed by atoms with van der Waals surface area (Å²) in [6.07, 6.45) is 7.28. The van der Waals surface area contributed by atoms with E-state index in [9.17, 15) is 19.2 Å². The molecule has 0 amide bonds. The summed E-state index contributed by atoms with van der Waals surface area (Å²) in [6, 6.07) is 0. The Balaban J connectivity index is 0.000000121. The topological polar surface area (TPSA) is 68.3 Å². The fourth-order valence-electron chi connectivity index (χ4n) is 3.43. The zero-order valence-corrected chi connectivity index (χ0v) is 11.2. The minimum Gasteiger partial charge on any atom is -0.299 e. The van der Waals surface area contributed by atoms with E-state index < -0.39 is 0 Å². The molecule has 4 rings (SSSR count). The van der Waals surface area contributed by atoms with Gasteiger partial charge in [0.1, 0.15) is 11.6 Å². The van der Waals surface area contributed by atoms with Crippen LogP contribution in [-0.4, -0.2) is 23.1 Å². The third-order valence-electron chi connectivity index (χ3n) is 4.54. The van der Waals surface area contributed by atoms with Crippen molar-refractivity contribution in [2.45, 2.75) is 38.5 Å². The molecule has 0 radical (unpaired) electrons. The van der Waals surface area contributed by atoms with Crippen molar-refractivity contribution in [1.82, 2.24) is 0 Å². The largest absolute Gasteiger partial charge is 0.299 e. The number of carbonyl (C=O) groups is 4. The molecule has 0 bridgehead atoms. The smallest absolute Gasteiger partial charge is 0.159 e. The monoisotopic (exact) mass is 272 g/mol. The van der Waals surface area contributed by atoms with Crippen LogP contribution in [0.25, 0.3) is 0 Å². The number of hydrogen-bond donors (Lipinski definition) is 0. The van der Waals surface area contributed by atoms with Crippen molar-refractivity contribution >= 4 is 23.1 Å². The van der Waals surface area contributed by atoms with Crippen LogP contribution in [0.15, 0.2) is 23.3 Å². The first-order valence-electron chi connectivity index (χ1n) is 7.10. The standard InChI is InChI=1S/2C8H8O2/c2*9-7-3-1-5-6(7)2-4-8(5)10/h2*1,6H,2-4H2. The fraction of sp³-hybridized carbons (Fsp3) is 0.500. The summed E-state index contributed by atoms with van der Waals surface area (Å²) in [4.78, 5) is 44.0. The number of rotatable bonds is 0. The second-order valence-corrected chi connectivity index (χ2v) is 5.69. The summed E-state index contributed by atoms with van der Waals surface area (Å²) >= 11 is 0. The third kappa shape index (κ3) is 2.09. The Labute approximate surface area is 116 Å². The van der Waals surface area contributed by atoms with Gasteiger partial charge in [-0.25, -0.2) is 0 Å². The Morgan fingerprint density at radius 2 is 1.10 bits per heavy atom. The lowest BCUT2D eigenvalue weighted by Gasteiger charge is -1.97. The normalized spacial score (nSPS) is 30.8. The van der Waals surface area contributed by atoms with Crippen LogP contribution in [0.4, 0.5) is 0 Å². The molecule has 20 heavy (non-hydrogen) atoms. The van der Waals surface area contributed by atoms with E-state index in [4.69, 9.17) is 0 Å². The van der Waals surface area contributed by atoms with Gasteiger partial charge in [-0.1, -0.05) is 12.2 Å². The zero-order chi connectivity index (χ0) is 14.3. The van der Waals surface area contributed by atoms with Crippen LogP contribution < -0.4 is 0 Å². The summed E-state index contributed by atoms with van der Waals surface area (Å²) < 4.78 is 0. The molecule has 4 aliphatic rings. The van der Waals surface area contributed by atoms with Gasteiger partial charge in [0.25, 0.3) is 0 Å². The van der Waals surface area contributed by atoms with E-state index >= 15 is 0 Å². The van der Waals surface area contributed by atoms with Crippen LogP contribution in [0.3, 0.4) is 0 Å². The highest BCUT2D eigenvalue weighted by Crippen LogP contribution is 2.35. The molecule has 2 unspecified atom stereocenters. The van der Waals surface area contributed by atoms with Crippen LogP contribution in [-0.2, 0) is 19.2 Å². The Hall–Kier alpha value is -1.84. The highest BCUT2D eigenvalue weighted by Gasteiger charge is 2.37. The number of Topliss-reactive ketones (excluding diaryl/α,β-unsaturated/α-hetero) is 4. The van der Waals surface area contributed by atoms with Crippen molar-refractivity contribution in [3.05, 3.63) is 23.3 Å². The van der Waals surface area contributed by atoms with E-state index in [0.717, 1.165) is 24.0 Å². The predicted octanol–water partition coefficient (Wildman–Crippen LogP) is 1.73. The summed E-state index contributed by atoms with van der Waals surface area (Å²) in [5, 5.41) is 0. The number of hydrogen-bond acceptors (Lipinski definition) is 4. The van der Waals surface area contributed by atoms with Gasteiger partial charge in [0.05, 0.1) is 0 Å². The number of allylic oxidation sites excluding steroid dienone is 4. The lowest BCUT2D eigenvalue weighted by molar-refractivity contribution is -0.121. The molecule has 0 aromatic carbocycles. The molecule has 0 aromatic heterocycles. The maximum atomic E-state index is 11.0. The quantitative estimate of drug-likeness (QED) is 0.673. The van der Waals surface area contributed by atoms with E-state index in [1.807, 2.05) is 0 Å². The molecular formula is C16H16O4. The molecule has 2 fully saturated rings. The van der Waals surface area contributed by atoms with E-state index in [0.29, 0.717) is 25.7 Å². The first-order chi connectivity index (χ1) is 9.58. The Bertz CT molecular complexity index is 527. The van der Waals surface area contributed by atoms with Gasteiger partial charge < -0.3 is 0 Å². The molecule has 0 aromatic rings. The van der Waals surface area contributed by atoms with Gasteiger partial charge in [-0.2, -0.15) is 0 Å². The average Bonchev–Trinajstić information content (AvgIpc) is 3.13. The molecule has 4 aliphatic carbocycles. The molecule has 0 N–H and O–H groups in total. The molecule has 2 atom stereocenters. The van der Waals surface area contributed by atoms with Crippen LogP contribution in [0.1, 0.15) is 38.5 Å². The van der Waals surface area contributed by atoms with Gasteiger partial charge >= 0.3 is 0 Å². The lowest BCUT2D eigenvalue weighted by Crippen LogP contribution is -2.05. The predicted molar refractivity (Wildman–Crippen MR) is 70.9 cm³/mol.